The van der Waals surface area contributed by atoms with Gasteiger partial charge in [0.15, 0.2) is 17.2 Å². The van der Waals surface area contributed by atoms with Crippen molar-refractivity contribution >= 4 is 5.91 Å². The van der Waals surface area contributed by atoms with E-state index in [0.717, 1.165) is 25.7 Å². The summed E-state index contributed by atoms with van der Waals surface area (Å²) in [6.45, 7) is 1.72. The lowest BCUT2D eigenvalue weighted by Gasteiger charge is -2.12. The monoisotopic (exact) mass is 395 g/mol. The van der Waals surface area contributed by atoms with E-state index >= 15 is 0 Å². The zero-order valence-electron chi connectivity index (χ0n) is 15.3. The number of halogens is 3. The van der Waals surface area contributed by atoms with Crippen LogP contribution in [0, 0.1) is 6.92 Å². The van der Waals surface area contributed by atoms with Crippen molar-refractivity contribution in [2.24, 2.45) is 0 Å². The molecule has 1 aliphatic heterocycles. The Morgan fingerprint density at radius 1 is 1.25 bits per heavy atom. The summed E-state index contributed by atoms with van der Waals surface area (Å²) in [5.41, 5.74) is -0.574. The molecule has 9 heteroatoms. The highest BCUT2D eigenvalue weighted by molar-refractivity contribution is 5.96. The van der Waals surface area contributed by atoms with Crippen molar-refractivity contribution in [3.63, 3.8) is 0 Å². The van der Waals surface area contributed by atoms with Crippen molar-refractivity contribution < 1.29 is 27.4 Å². The summed E-state index contributed by atoms with van der Waals surface area (Å²) in [7, 11) is 0. The van der Waals surface area contributed by atoms with E-state index in [1.807, 2.05) is 0 Å². The van der Waals surface area contributed by atoms with Gasteiger partial charge in [0.25, 0.3) is 5.91 Å². The molecule has 1 aromatic carbocycles. The lowest BCUT2D eigenvalue weighted by atomic mass is 10.1. The summed E-state index contributed by atoms with van der Waals surface area (Å²) in [5, 5.41) is 6.36. The highest BCUT2D eigenvalue weighted by Gasteiger charge is 2.41. The van der Waals surface area contributed by atoms with Crippen molar-refractivity contribution in [3.05, 3.63) is 40.7 Å². The first-order valence-corrected chi connectivity index (χ1v) is 9.17. The van der Waals surface area contributed by atoms with E-state index in [2.05, 4.69) is 10.4 Å². The summed E-state index contributed by atoms with van der Waals surface area (Å²) in [4.78, 5) is 12.6. The Bertz CT molecular complexity index is 902. The van der Waals surface area contributed by atoms with Crippen LogP contribution in [0.5, 0.6) is 11.5 Å². The van der Waals surface area contributed by atoms with Gasteiger partial charge in [0.2, 0.25) is 6.79 Å². The van der Waals surface area contributed by atoms with E-state index in [-0.39, 0.29) is 25.1 Å². The zero-order chi connectivity index (χ0) is 19.9. The van der Waals surface area contributed by atoms with E-state index in [1.54, 1.807) is 18.2 Å². The minimum atomic E-state index is -4.69. The van der Waals surface area contributed by atoms with E-state index in [9.17, 15) is 18.0 Å². The lowest BCUT2D eigenvalue weighted by molar-refractivity contribution is -0.141. The van der Waals surface area contributed by atoms with Crippen LogP contribution in [-0.4, -0.2) is 22.5 Å². The van der Waals surface area contributed by atoms with Crippen LogP contribution in [0.4, 0.5) is 13.2 Å². The number of alkyl halides is 3. The third-order valence-corrected chi connectivity index (χ3v) is 5.21. The topological polar surface area (TPSA) is 65.4 Å². The maximum Gasteiger partial charge on any atom is 0.435 e. The maximum atomic E-state index is 13.5. The molecule has 1 fully saturated rings. The number of nitrogens with zero attached hydrogens (tertiary/aromatic N) is 2. The Morgan fingerprint density at radius 2 is 1.96 bits per heavy atom. The number of hydrogen-bond acceptors (Lipinski definition) is 4. The van der Waals surface area contributed by atoms with Gasteiger partial charge in [0.05, 0.1) is 11.6 Å². The minimum absolute atomic E-state index is 0.0703. The van der Waals surface area contributed by atoms with Gasteiger partial charge in [0.1, 0.15) is 0 Å². The Morgan fingerprint density at radius 3 is 2.68 bits per heavy atom. The van der Waals surface area contributed by atoms with Gasteiger partial charge >= 0.3 is 6.18 Å². The number of carbonyl (C=O) groups excluding carboxylic acids is 1. The fraction of sp³-hybridized carbons (Fsp3) is 0.474. The van der Waals surface area contributed by atoms with Gasteiger partial charge in [-0.3, -0.25) is 9.48 Å². The van der Waals surface area contributed by atoms with Gasteiger partial charge in [-0.2, -0.15) is 18.3 Å². The number of nitrogens with one attached hydrogen (secondary N) is 1. The second-order valence-electron chi connectivity index (χ2n) is 7.06. The molecule has 0 radical (unpaired) electrons. The highest BCUT2D eigenvalue weighted by Crippen LogP contribution is 2.37. The summed E-state index contributed by atoms with van der Waals surface area (Å²) in [6, 6.07) is 5.04. The average molecular weight is 395 g/mol. The van der Waals surface area contributed by atoms with Crippen molar-refractivity contribution in [2.75, 3.05) is 6.79 Å². The second kappa shape index (κ2) is 7.03. The molecule has 1 N–H and O–H groups in total. The summed E-state index contributed by atoms with van der Waals surface area (Å²) in [6.07, 6.45) is -1.23. The number of ether oxygens (including phenoxy) is 2. The van der Waals surface area contributed by atoms with E-state index in [1.165, 1.54) is 11.6 Å². The highest BCUT2D eigenvalue weighted by atomic mass is 19.4. The van der Waals surface area contributed by atoms with Crippen LogP contribution in [0.25, 0.3) is 0 Å². The minimum Gasteiger partial charge on any atom is -0.454 e. The van der Waals surface area contributed by atoms with Gasteiger partial charge in [-0.05, 0) is 37.5 Å². The first-order valence-electron chi connectivity index (χ1n) is 9.17. The molecule has 2 aromatic rings. The number of carbonyl (C=O) groups is 1. The predicted molar refractivity (Wildman–Crippen MR) is 93.2 cm³/mol. The van der Waals surface area contributed by atoms with Gasteiger partial charge in [-0.25, -0.2) is 0 Å². The van der Waals surface area contributed by atoms with Gasteiger partial charge in [0, 0.05) is 12.2 Å². The number of hydrogen-bond donors (Lipinski definition) is 1. The third-order valence-electron chi connectivity index (χ3n) is 5.21. The molecule has 0 bridgehead atoms. The van der Waals surface area contributed by atoms with Gasteiger partial charge in [-0.1, -0.05) is 18.9 Å². The SMILES string of the molecule is Cc1c(C(=O)NCc2ccc3c(c2)OCO3)c(C(F)(F)F)nn1C1CCCC1. The van der Waals surface area contributed by atoms with Crippen molar-refractivity contribution in [1.29, 1.82) is 0 Å². The zero-order valence-corrected chi connectivity index (χ0v) is 15.3. The van der Waals surface area contributed by atoms with Crippen LogP contribution in [0.2, 0.25) is 0 Å². The Hall–Kier alpha value is -2.71. The number of aromatic nitrogens is 2. The summed E-state index contributed by atoms with van der Waals surface area (Å²) in [5.74, 6) is 0.364. The predicted octanol–water partition coefficient (Wildman–Crippen LogP) is 3.98. The van der Waals surface area contributed by atoms with Crippen LogP contribution in [0.1, 0.15) is 59.0 Å². The third kappa shape index (κ3) is 3.41. The fourth-order valence-electron chi connectivity index (χ4n) is 3.81. The van der Waals surface area contributed by atoms with Crippen molar-refractivity contribution in [3.8, 4) is 11.5 Å². The van der Waals surface area contributed by atoms with Crippen LogP contribution in [-0.2, 0) is 12.7 Å². The first kappa shape index (κ1) is 18.6. The standard InChI is InChI=1S/C19H20F3N3O3/c1-11-16(17(19(20,21)22)24-25(11)13-4-2-3-5-13)18(26)23-9-12-6-7-14-15(8-12)28-10-27-14/h6-8,13H,2-5,9-10H2,1H3,(H,23,26). The van der Waals surface area contributed by atoms with Crippen molar-refractivity contribution in [2.45, 2.75) is 51.4 Å². The molecule has 1 aliphatic carbocycles. The molecule has 6 nitrogen and oxygen atoms in total. The Labute approximate surface area is 159 Å². The molecule has 2 heterocycles. The Balaban J connectivity index is 1.57. The average Bonchev–Trinajstić information content (AvgIpc) is 3.37. The molecule has 1 saturated carbocycles. The molecule has 2 aliphatic rings. The molecule has 1 aromatic heterocycles. The maximum absolute atomic E-state index is 13.5. The summed E-state index contributed by atoms with van der Waals surface area (Å²) < 4.78 is 52.4. The van der Waals surface area contributed by atoms with Crippen LogP contribution >= 0.6 is 0 Å². The van der Waals surface area contributed by atoms with Crippen molar-refractivity contribution in [1.82, 2.24) is 15.1 Å². The van der Waals surface area contributed by atoms with E-state index in [0.29, 0.717) is 17.1 Å². The molecule has 150 valence electrons. The second-order valence-corrected chi connectivity index (χ2v) is 7.06. The quantitative estimate of drug-likeness (QED) is 0.850. The first-order chi connectivity index (χ1) is 13.3. The fourth-order valence-corrected chi connectivity index (χ4v) is 3.81. The molecule has 1 amide bonds. The molecule has 4 rings (SSSR count). The van der Waals surface area contributed by atoms with Crippen LogP contribution < -0.4 is 14.8 Å². The Kier molecular flexibility index (Phi) is 4.68. The molecule has 0 unspecified atom stereocenters. The largest absolute Gasteiger partial charge is 0.454 e. The molecule has 28 heavy (non-hydrogen) atoms. The number of fused-ring (bicyclic) bond motifs is 1. The molecular formula is C19H20F3N3O3. The molecule has 0 saturated heterocycles. The summed E-state index contributed by atoms with van der Waals surface area (Å²) >= 11 is 0. The van der Waals surface area contributed by atoms with Gasteiger partial charge in [-0.15, -0.1) is 0 Å². The number of rotatable bonds is 4. The molecule has 0 atom stereocenters. The normalized spacial score (nSPS) is 16.6. The van der Waals surface area contributed by atoms with Gasteiger partial charge < -0.3 is 14.8 Å². The molecule has 0 spiro atoms. The van der Waals surface area contributed by atoms with E-state index < -0.39 is 23.3 Å². The number of benzene rings is 1. The van der Waals surface area contributed by atoms with E-state index in [4.69, 9.17) is 9.47 Å². The number of amides is 1. The lowest BCUT2D eigenvalue weighted by Crippen LogP contribution is -2.26. The smallest absolute Gasteiger partial charge is 0.435 e. The molecular weight excluding hydrogens is 375 g/mol. The van der Waals surface area contributed by atoms with Crippen LogP contribution in [0.15, 0.2) is 18.2 Å². The van der Waals surface area contributed by atoms with Crippen LogP contribution in [0.3, 0.4) is 0 Å².